The van der Waals surface area contributed by atoms with E-state index in [4.69, 9.17) is 4.74 Å². The molecule has 88 valence electrons. The zero-order chi connectivity index (χ0) is 12.1. The maximum absolute atomic E-state index is 5.56. The number of nitrogens with zero attached hydrogens (tertiary/aromatic N) is 1. The molecule has 0 amide bonds. The zero-order valence-electron chi connectivity index (χ0n) is 9.48. The molecule has 3 nitrogen and oxygen atoms in total. The molecule has 0 unspecified atom stereocenters. The Morgan fingerprint density at radius 3 is 2.82 bits per heavy atom. The Morgan fingerprint density at radius 2 is 2.06 bits per heavy atom. The lowest BCUT2D eigenvalue weighted by Gasteiger charge is -2.12. The van der Waals surface area contributed by atoms with Crippen LogP contribution < -0.4 is 10.1 Å². The van der Waals surface area contributed by atoms with Crippen molar-refractivity contribution in [1.82, 2.24) is 4.98 Å². The fourth-order valence-corrected chi connectivity index (χ4v) is 1.82. The van der Waals surface area contributed by atoms with Crippen molar-refractivity contribution in [3.05, 3.63) is 47.2 Å². The number of pyridine rings is 1. The van der Waals surface area contributed by atoms with Crippen LogP contribution in [0.3, 0.4) is 0 Å². The predicted octanol–water partition coefficient (Wildman–Crippen LogP) is 3.99. The summed E-state index contributed by atoms with van der Waals surface area (Å²) in [6.07, 6.45) is 3.50. The highest BCUT2D eigenvalue weighted by Crippen LogP contribution is 2.30. The first-order chi connectivity index (χ1) is 8.31. The first-order valence-electron chi connectivity index (χ1n) is 5.39. The first-order valence-corrected chi connectivity index (χ1v) is 6.19. The van der Waals surface area contributed by atoms with Crippen LogP contribution in [-0.2, 0) is 0 Å². The lowest BCUT2D eigenvalue weighted by atomic mass is 10.2. The van der Waals surface area contributed by atoms with Crippen LogP contribution in [0.4, 0.5) is 11.4 Å². The highest BCUT2D eigenvalue weighted by Gasteiger charge is 2.04. The Morgan fingerprint density at radius 1 is 1.24 bits per heavy atom. The lowest BCUT2D eigenvalue weighted by Crippen LogP contribution is -1.98. The van der Waals surface area contributed by atoms with Gasteiger partial charge in [0.2, 0.25) is 0 Å². The fraction of sp³-hybridized carbons (Fsp3) is 0.154. The molecule has 0 spiro atoms. The standard InChI is InChI=1S/C13H13BrN2O/c1-2-17-13-6-4-3-5-12(13)16-11-7-8-15-9-10(11)14/h3-9H,2H2,1H3,(H,15,16). The molecule has 1 aromatic heterocycles. The first kappa shape index (κ1) is 11.9. The molecule has 0 aliphatic rings. The van der Waals surface area contributed by atoms with E-state index in [1.54, 1.807) is 12.4 Å². The maximum Gasteiger partial charge on any atom is 0.142 e. The Balaban J connectivity index is 2.27. The van der Waals surface area contributed by atoms with Crippen molar-refractivity contribution in [2.45, 2.75) is 6.92 Å². The van der Waals surface area contributed by atoms with Crippen molar-refractivity contribution >= 4 is 27.3 Å². The molecule has 4 heteroatoms. The van der Waals surface area contributed by atoms with Crippen molar-refractivity contribution < 1.29 is 4.74 Å². The summed E-state index contributed by atoms with van der Waals surface area (Å²) >= 11 is 3.45. The van der Waals surface area contributed by atoms with Crippen LogP contribution in [-0.4, -0.2) is 11.6 Å². The van der Waals surface area contributed by atoms with Gasteiger partial charge in [-0.1, -0.05) is 12.1 Å². The van der Waals surface area contributed by atoms with Crippen molar-refractivity contribution in [3.8, 4) is 5.75 Å². The second-order valence-electron chi connectivity index (χ2n) is 3.41. The molecule has 0 radical (unpaired) electrons. The SMILES string of the molecule is CCOc1ccccc1Nc1ccncc1Br. The van der Waals surface area contributed by atoms with Crippen molar-refractivity contribution in [1.29, 1.82) is 0 Å². The smallest absolute Gasteiger partial charge is 0.142 e. The zero-order valence-corrected chi connectivity index (χ0v) is 11.1. The third-order valence-electron chi connectivity index (χ3n) is 2.23. The van der Waals surface area contributed by atoms with E-state index in [0.717, 1.165) is 21.6 Å². The summed E-state index contributed by atoms with van der Waals surface area (Å²) in [5, 5.41) is 3.31. The summed E-state index contributed by atoms with van der Waals surface area (Å²) in [4.78, 5) is 4.03. The molecule has 1 N–H and O–H groups in total. The monoisotopic (exact) mass is 292 g/mol. The molecule has 17 heavy (non-hydrogen) atoms. The number of para-hydroxylation sites is 2. The Labute approximate surface area is 109 Å². The molecule has 0 saturated carbocycles. The van der Waals surface area contributed by atoms with E-state index < -0.39 is 0 Å². The number of ether oxygens (including phenoxy) is 1. The third kappa shape index (κ3) is 2.97. The van der Waals surface area contributed by atoms with Gasteiger partial charge in [-0.05, 0) is 41.1 Å². The number of benzene rings is 1. The van der Waals surface area contributed by atoms with E-state index >= 15 is 0 Å². The molecule has 0 saturated heterocycles. The van der Waals surface area contributed by atoms with Crippen LogP contribution in [0.1, 0.15) is 6.92 Å². The van der Waals surface area contributed by atoms with E-state index in [-0.39, 0.29) is 0 Å². The van der Waals surface area contributed by atoms with Crippen molar-refractivity contribution in [3.63, 3.8) is 0 Å². The number of halogens is 1. The van der Waals surface area contributed by atoms with Gasteiger partial charge in [-0.3, -0.25) is 4.98 Å². The molecule has 0 aliphatic heterocycles. The number of hydrogen-bond donors (Lipinski definition) is 1. The Hall–Kier alpha value is -1.55. The quantitative estimate of drug-likeness (QED) is 0.925. The highest BCUT2D eigenvalue weighted by molar-refractivity contribution is 9.10. The normalized spacial score (nSPS) is 10.0. The minimum atomic E-state index is 0.649. The van der Waals surface area contributed by atoms with Crippen LogP contribution in [0.15, 0.2) is 47.2 Å². The number of hydrogen-bond acceptors (Lipinski definition) is 3. The highest BCUT2D eigenvalue weighted by atomic mass is 79.9. The van der Waals surface area contributed by atoms with Gasteiger partial charge < -0.3 is 10.1 Å². The maximum atomic E-state index is 5.56. The molecule has 0 bridgehead atoms. The lowest BCUT2D eigenvalue weighted by molar-refractivity contribution is 0.342. The van der Waals surface area contributed by atoms with Crippen molar-refractivity contribution in [2.24, 2.45) is 0 Å². The molecule has 2 aromatic rings. The van der Waals surface area contributed by atoms with Gasteiger partial charge in [-0.15, -0.1) is 0 Å². The minimum Gasteiger partial charge on any atom is -0.492 e. The van der Waals surface area contributed by atoms with E-state index in [1.807, 2.05) is 37.3 Å². The summed E-state index contributed by atoms with van der Waals surface area (Å²) in [5.74, 6) is 0.846. The largest absolute Gasteiger partial charge is 0.492 e. The molecular formula is C13H13BrN2O. The van der Waals surface area contributed by atoms with E-state index in [0.29, 0.717) is 6.61 Å². The second kappa shape index (κ2) is 5.68. The molecule has 1 heterocycles. The average Bonchev–Trinajstić information content (AvgIpc) is 2.35. The Kier molecular flexibility index (Phi) is 3.98. The summed E-state index contributed by atoms with van der Waals surface area (Å²) in [5.41, 5.74) is 1.91. The Bertz CT molecular complexity index is 502. The summed E-state index contributed by atoms with van der Waals surface area (Å²) in [6.45, 7) is 2.62. The van der Waals surface area contributed by atoms with Gasteiger partial charge in [0.05, 0.1) is 22.5 Å². The molecule has 0 aliphatic carbocycles. The van der Waals surface area contributed by atoms with Gasteiger partial charge in [0.1, 0.15) is 5.75 Å². The number of nitrogens with one attached hydrogen (secondary N) is 1. The number of rotatable bonds is 4. The molecule has 0 fully saturated rings. The second-order valence-corrected chi connectivity index (χ2v) is 4.26. The summed E-state index contributed by atoms with van der Waals surface area (Å²) < 4.78 is 6.48. The van der Waals surface area contributed by atoms with Crippen LogP contribution in [0, 0.1) is 0 Å². The van der Waals surface area contributed by atoms with Crippen LogP contribution >= 0.6 is 15.9 Å². The van der Waals surface area contributed by atoms with Gasteiger partial charge in [0.25, 0.3) is 0 Å². The van der Waals surface area contributed by atoms with Crippen LogP contribution in [0.25, 0.3) is 0 Å². The van der Waals surface area contributed by atoms with Crippen molar-refractivity contribution in [2.75, 3.05) is 11.9 Å². The number of anilines is 2. The fourth-order valence-electron chi connectivity index (χ4n) is 1.47. The van der Waals surface area contributed by atoms with E-state index in [1.165, 1.54) is 0 Å². The summed E-state index contributed by atoms with van der Waals surface area (Å²) in [7, 11) is 0. The third-order valence-corrected chi connectivity index (χ3v) is 2.86. The van der Waals surface area contributed by atoms with E-state index in [9.17, 15) is 0 Å². The van der Waals surface area contributed by atoms with E-state index in [2.05, 4.69) is 26.2 Å². The van der Waals surface area contributed by atoms with Gasteiger partial charge in [-0.25, -0.2) is 0 Å². The van der Waals surface area contributed by atoms with Gasteiger partial charge in [0, 0.05) is 12.4 Å². The van der Waals surface area contributed by atoms with Crippen LogP contribution in [0.5, 0.6) is 5.75 Å². The van der Waals surface area contributed by atoms with Gasteiger partial charge in [-0.2, -0.15) is 0 Å². The average molecular weight is 293 g/mol. The molecule has 2 rings (SSSR count). The molecular weight excluding hydrogens is 280 g/mol. The van der Waals surface area contributed by atoms with Gasteiger partial charge >= 0.3 is 0 Å². The molecule has 1 aromatic carbocycles. The minimum absolute atomic E-state index is 0.649. The number of aromatic nitrogens is 1. The topological polar surface area (TPSA) is 34.1 Å². The molecule has 0 atom stereocenters. The van der Waals surface area contributed by atoms with Gasteiger partial charge in [0.15, 0.2) is 0 Å². The summed E-state index contributed by atoms with van der Waals surface area (Å²) in [6, 6.07) is 9.77. The predicted molar refractivity (Wildman–Crippen MR) is 72.8 cm³/mol. The van der Waals surface area contributed by atoms with Crippen LogP contribution in [0.2, 0.25) is 0 Å².